The Labute approximate surface area is 121 Å². The zero-order chi connectivity index (χ0) is 16.0. The van der Waals surface area contributed by atoms with Crippen LogP contribution in [-0.4, -0.2) is 45.6 Å². The highest BCUT2D eigenvalue weighted by Crippen LogP contribution is 2.11. The third kappa shape index (κ3) is 5.13. The number of carbonyl (C=O) groups excluding carboxylic acids is 2. The number of aliphatic carboxylic acids is 1. The molecular weight excluding hydrogens is 278 g/mol. The van der Waals surface area contributed by atoms with Crippen LogP contribution in [0.25, 0.3) is 0 Å². The fourth-order valence-electron chi connectivity index (χ4n) is 1.41. The molecular formula is C12H19N5O4. The molecule has 9 heteroatoms. The molecule has 0 spiro atoms. The quantitative estimate of drug-likeness (QED) is 0.447. The van der Waals surface area contributed by atoms with Crippen molar-refractivity contribution in [3.05, 3.63) is 18.2 Å². The van der Waals surface area contributed by atoms with Gasteiger partial charge in [-0.15, -0.1) is 0 Å². The zero-order valence-corrected chi connectivity index (χ0v) is 11.8. The second kappa shape index (κ2) is 6.73. The molecule has 3 amide bonds. The van der Waals surface area contributed by atoms with Crippen LogP contribution in [-0.2, 0) is 16.0 Å². The first kappa shape index (κ1) is 16.5. The molecule has 9 nitrogen and oxygen atoms in total. The Morgan fingerprint density at radius 3 is 2.62 bits per heavy atom. The third-order valence-electron chi connectivity index (χ3n) is 2.94. The lowest BCUT2D eigenvalue weighted by Crippen LogP contribution is -2.50. The van der Waals surface area contributed by atoms with Crippen molar-refractivity contribution < 1.29 is 19.5 Å². The zero-order valence-electron chi connectivity index (χ0n) is 11.8. The maximum Gasteiger partial charge on any atom is 0.326 e. The number of hydrogen-bond acceptors (Lipinski definition) is 4. The molecule has 0 fully saturated rings. The third-order valence-corrected chi connectivity index (χ3v) is 2.94. The number of nitrogens with one attached hydrogen (secondary N) is 3. The molecule has 21 heavy (non-hydrogen) atoms. The molecule has 6 N–H and O–H groups in total. The van der Waals surface area contributed by atoms with Crippen molar-refractivity contribution in [1.82, 2.24) is 20.6 Å². The molecule has 0 aliphatic carbocycles. The van der Waals surface area contributed by atoms with Gasteiger partial charge in [0, 0.05) is 24.9 Å². The van der Waals surface area contributed by atoms with Gasteiger partial charge in [-0.05, 0) is 13.8 Å². The number of carboxylic acid groups (broad SMARTS) is 1. The van der Waals surface area contributed by atoms with Gasteiger partial charge in [-0.2, -0.15) is 0 Å². The summed E-state index contributed by atoms with van der Waals surface area (Å²) in [7, 11) is 0. The van der Waals surface area contributed by atoms with Crippen molar-refractivity contribution in [3.63, 3.8) is 0 Å². The molecule has 0 saturated carbocycles. The van der Waals surface area contributed by atoms with E-state index in [0.29, 0.717) is 5.69 Å². The second-order valence-electron chi connectivity index (χ2n) is 5.25. The van der Waals surface area contributed by atoms with Gasteiger partial charge in [0.2, 0.25) is 5.91 Å². The van der Waals surface area contributed by atoms with Gasteiger partial charge < -0.3 is 26.5 Å². The summed E-state index contributed by atoms with van der Waals surface area (Å²) in [4.78, 5) is 40.5. The highest BCUT2D eigenvalue weighted by molar-refractivity contribution is 5.84. The van der Waals surface area contributed by atoms with Crippen molar-refractivity contribution in [2.75, 3.05) is 6.54 Å². The molecule has 0 bridgehead atoms. The molecule has 0 saturated heterocycles. The number of primary amides is 1. The number of urea groups is 1. The van der Waals surface area contributed by atoms with Gasteiger partial charge in [0.15, 0.2) is 0 Å². The number of aromatic amines is 1. The van der Waals surface area contributed by atoms with Crippen LogP contribution < -0.4 is 16.4 Å². The van der Waals surface area contributed by atoms with Crippen LogP contribution in [0, 0.1) is 5.41 Å². The number of rotatable bonds is 7. The average molecular weight is 297 g/mol. The van der Waals surface area contributed by atoms with Crippen LogP contribution in [0.15, 0.2) is 12.5 Å². The van der Waals surface area contributed by atoms with Gasteiger partial charge in [0.05, 0.1) is 11.7 Å². The van der Waals surface area contributed by atoms with Gasteiger partial charge >= 0.3 is 12.0 Å². The van der Waals surface area contributed by atoms with Crippen LogP contribution in [0.1, 0.15) is 19.5 Å². The van der Waals surface area contributed by atoms with E-state index in [9.17, 15) is 14.4 Å². The van der Waals surface area contributed by atoms with Gasteiger partial charge in [-0.3, -0.25) is 4.79 Å². The highest BCUT2D eigenvalue weighted by atomic mass is 16.4. The minimum Gasteiger partial charge on any atom is -0.480 e. The molecule has 0 radical (unpaired) electrons. The van der Waals surface area contributed by atoms with Crippen molar-refractivity contribution in [1.29, 1.82) is 0 Å². The summed E-state index contributed by atoms with van der Waals surface area (Å²) in [5.41, 5.74) is 4.85. The summed E-state index contributed by atoms with van der Waals surface area (Å²) >= 11 is 0. The smallest absolute Gasteiger partial charge is 0.326 e. The molecule has 1 atom stereocenters. The number of nitrogens with two attached hydrogens (primary N) is 1. The Kier molecular flexibility index (Phi) is 5.28. The van der Waals surface area contributed by atoms with Crippen LogP contribution >= 0.6 is 0 Å². The van der Waals surface area contributed by atoms with E-state index < -0.39 is 29.4 Å². The fourth-order valence-corrected chi connectivity index (χ4v) is 1.41. The Hall–Kier alpha value is -2.58. The predicted octanol–water partition coefficient (Wildman–Crippen LogP) is -0.784. The van der Waals surface area contributed by atoms with E-state index in [1.165, 1.54) is 12.5 Å². The summed E-state index contributed by atoms with van der Waals surface area (Å²) in [5.74, 6) is -1.73. The molecule has 1 heterocycles. The lowest BCUT2D eigenvalue weighted by molar-refractivity contribution is -0.139. The van der Waals surface area contributed by atoms with Crippen molar-refractivity contribution in [2.24, 2.45) is 11.1 Å². The van der Waals surface area contributed by atoms with E-state index in [2.05, 4.69) is 20.6 Å². The summed E-state index contributed by atoms with van der Waals surface area (Å²) < 4.78 is 0. The summed E-state index contributed by atoms with van der Waals surface area (Å²) in [6, 6.07) is -1.79. The number of hydrogen-bond donors (Lipinski definition) is 5. The molecule has 0 aromatic carbocycles. The monoisotopic (exact) mass is 297 g/mol. The topological polar surface area (TPSA) is 150 Å². The van der Waals surface area contributed by atoms with Crippen molar-refractivity contribution >= 4 is 17.9 Å². The highest BCUT2D eigenvalue weighted by Gasteiger charge is 2.27. The molecule has 1 aromatic rings. The molecule has 0 aliphatic heterocycles. The number of nitrogens with zero attached hydrogens (tertiary/aromatic N) is 1. The maximum atomic E-state index is 11.7. The lowest BCUT2D eigenvalue weighted by Gasteiger charge is -2.22. The largest absolute Gasteiger partial charge is 0.480 e. The van der Waals surface area contributed by atoms with Gasteiger partial charge in [0.25, 0.3) is 0 Å². The first-order chi connectivity index (χ1) is 9.72. The molecule has 1 rings (SSSR count). The lowest BCUT2D eigenvalue weighted by atomic mass is 9.93. The van der Waals surface area contributed by atoms with Crippen LogP contribution in [0.2, 0.25) is 0 Å². The Balaban J connectivity index is 2.53. The molecule has 116 valence electrons. The van der Waals surface area contributed by atoms with E-state index >= 15 is 0 Å². The fraction of sp³-hybridized carbons (Fsp3) is 0.500. The second-order valence-corrected chi connectivity index (χ2v) is 5.25. The minimum absolute atomic E-state index is 0.00453. The normalized spacial score (nSPS) is 12.5. The SMILES string of the molecule is CC(C)(CNC(=O)NC(Cc1cnc[nH]1)C(=O)O)C(N)=O. The molecule has 1 aromatic heterocycles. The van der Waals surface area contributed by atoms with Crippen LogP contribution in [0.5, 0.6) is 0 Å². The summed E-state index contributed by atoms with van der Waals surface area (Å²) in [6.07, 6.45) is 2.97. The number of H-pyrrole nitrogens is 1. The first-order valence-electron chi connectivity index (χ1n) is 6.26. The Bertz CT molecular complexity index is 512. The summed E-state index contributed by atoms with van der Waals surface area (Å²) in [5, 5.41) is 13.8. The maximum absolute atomic E-state index is 11.7. The Morgan fingerprint density at radius 1 is 1.48 bits per heavy atom. The molecule has 0 aliphatic rings. The van der Waals surface area contributed by atoms with Gasteiger partial charge in [-0.25, -0.2) is 14.6 Å². The first-order valence-corrected chi connectivity index (χ1v) is 6.26. The average Bonchev–Trinajstić information content (AvgIpc) is 2.88. The summed E-state index contributed by atoms with van der Waals surface area (Å²) in [6.45, 7) is 3.16. The van der Waals surface area contributed by atoms with E-state index in [1.54, 1.807) is 13.8 Å². The number of carbonyl (C=O) groups is 3. The predicted molar refractivity (Wildman–Crippen MR) is 73.2 cm³/mol. The van der Waals surface area contributed by atoms with Crippen molar-refractivity contribution in [3.8, 4) is 0 Å². The number of imidazole rings is 1. The van der Waals surface area contributed by atoms with E-state index in [-0.39, 0.29) is 13.0 Å². The Morgan fingerprint density at radius 2 is 2.14 bits per heavy atom. The van der Waals surface area contributed by atoms with Gasteiger partial charge in [-0.1, -0.05) is 0 Å². The van der Waals surface area contributed by atoms with Gasteiger partial charge in [0.1, 0.15) is 6.04 Å². The van der Waals surface area contributed by atoms with Crippen LogP contribution in [0.4, 0.5) is 4.79 Å². The number of aromatic nitrogens is 2. The molecule has 1 unspecified atom stereocenters. The van der Waals surface area contributed by atoms with E-state index in [1.807, 2.05) is 0 Å². The number of carboxylic acids is 1. The number of amides is 3. The standard InChI is InChI=1S/C12H19N5O4/c1-12(2,10(13)20)5-15-11(21)17-8(9(18)19)3-7-4-14-6-16-7/h4,6,8H,3,5H2,1-2H3,(H2,13,20)(H,14,16)(H,18,19)(H2,15,17,21). The minimum atomic E-state index is -1.17. The van der Waals surface area contributed by atoms with Crippen LogP contribution in [0.3, 0.4) is 0 Å². The van der Waals surface area contributed by atoms with E-state index in [0.717, 1.165) is 0 Å². The van der Waals surface area contributed by atoms with Crippen molar-refractivity contribution in [2.45, 2.75) is 26.3 Å². The van der Waals surface area contributed by atoms with E-state index in [4.69, 9.17) is 10.8 Å².